The van der Waals surface area contributed by atoms with Crippen molar-refractivity contribution < 1.29 is 19.1 Å². The topological polar surface area (TPSA) is 79.0 Å². The minimum Gasteiger partial charge on any atom is -0.463 e. The van der Waals surface area contributed by atoms with Gasteiger partial charge in [0.1, 0.15) is 0 Å². The molecule has 2 rings (SSSR count). The second-order valence-corrected chi connectivity index (χ2v) is 10.1. The van der Waals surface area contributed by atoms with Crippen molar-refractivity contribution in [2.24, 2.45) is 5.92 Å². The summed E-state index contributed by atoms with van der Waals surface area (Å²) in [6.07, 6.45) is 15.5. The molecule has 2 amide bonds. The van der Waals surface area contributed by atoms with E-state index in [-0.39, 0.29) is 30.4 Å². The molecule has 1 aliphatic carbocycles. The van der Waals surface area contributed by atoms with Crippen LogP contribution in [0.3, 0.4) is 0 Å². The summed E-state index contributed by atoms with van der Waals surface area (Å²) in [5, 5.41) is 2.34. The molecule has 0 spiro atoms. The number of nitrogens with zero attached hydrogens (tertiary/aromatic N) is 2. The average molecular weight is 496 g/mol. The van der Waals surface area contributed by atoms with Crippen molar-refractivity contribution in [3.05, 3.63) is 11.6 Å². The van der Waals surface area contributed by atoms with Crippen LogP contribution in [0.15, 0.2) is 11.6 Å². The number of likely N-dealkylation sites (tertiary alicyclic amines) is 1. The second kappa shape index (κ2) is 20.3. The Hall–Kier alpha value is -1.89. The predicted octanol–water partition coefficient (Wildman–Crippen LogP) is 4.95. The zero-order valence-corrected chi connectivity index (χ0v) is 23.6. The number of rotatable bonds is 9. The Morgan fingerprint density at radius 1 is 0.943 bits per heavy atom. The van der Waals surface area contributed by atoms with E-state index >= 15 is 0 Å². The van der Waals surface area contributed by atoms with Gasteiger partial charge in [-0.15, -0.1) is 0 Å². The van der Waals surface area contributed by atoms with Crippen LogP contribution in [0.4, 0.5) is 0 Å². The number of piperidine rings is 1. The lowest BCUT2D eigenvalue weighted by molar-refractivity contribution is -0.138. The van der Waals surface area contributed by atoms with Crippen LogP contribution in [0.25, 0.3) is 0 Å². The van der Waals surface area contributed by atoms with E-state index in [9.17, 15) is 14.4 Å². The maximum Gasteiger partial charge on any atom is 0.333 e. The van der Waals surface area contributed by atoms with E-state index < -0.39 is 0 Å². The van der Waals surface area contributed by atoms with Gasteiger partial charge in [0.2, 0.25) is 12.3 Å². The third kappa shape index (κ3) is 15.7. The Kier molecular flexibility index (Phi) is 19.2. The van der Waals surface area contributed by atoms with Crippen molar-refractivity contribution >= 4 is 18.3 Å². The molecule has 0 aromatic heterocycles. The molecule has 0 unspecified atom stereocenters. The molecule has 0 bridgehead atoms. The summed E-state index contributed by atoms with van der Waals surface area (Å²) in [5.41, 5.74) is 0.466. The summed E-state index contributed by atoms with van der Waals surface area (Å²) in [5.74, 6) is -0.474. The number of carbonyl (C=O) groups is 3. The highest BCUT2D eigenvalue weighted by Gasteiger charge is 2.22. The van der Waals surface area contributed by atoms with E-state index in [0.29, 0.717) is 18.6 Å². The summed E-state index contributed by atoms with van der Waals surface area (Å²) in [6, 6.07) is 0.533. The Labute approximate surface area is 215 Å². The number of hydrogen-bond acceptors (Lipinski definition) is 5. The van der Waals surface area contributed by atoms with Crippen LogP contribution >= 0.6 is 0 Å². The number of amides is 2. The van der Waals surface area contributed by atoms with Gasteiger partial charge in [0.25, 0.3) is 0 Å². The summed E-state index contributed by atoms with van der Waals surface area (Å²) < 4.78 is 4.92. The highest BCUT2D eigenvalue weighted by molar-refractivity contribution is 5.88. The number of esters is 1. The maximum absolute atomic E-state index is 11.9. The second-order valence-electron chi connectivity index (χ2n) is 10.1. The van der Waals surface area contributed by atoms with Gasteiger partial charge in [0.05, 0.1) is 19.2 Å². The lowest BCUT2D eigenvalue weighted by atomic mass is 10.00. The summed E-state index contributed by atoms with van der Waals surface area (Å²) in [6.45, 7) is 14.8. The Balaban J connectivity index is 0.000000619. The smallest absolute Gasteiger partial charge is 0.333 e. The molecule has 1 saturated heterocycles. The van der Waals surface area contributed by atoms with Crippen LogP contribution in [0.5, 0.6) is 0 Å². The van der Waals surface area contributed by atoms with Gasteiger partial charge >= 0.3 is 5.97 Å². The first-order valence-corrected chi connectivity index (χ1v) is 13.7. The largest absolute Gasteiger partial charge is 0.463 e. The van der Waals surface area contributed by atoms with Crippen molar-refractivity contribution in [3.8, 4) is 0 Å². The van der Waals surface area contributed by atoms with Gasteiger partial charge in [-0.3, -0.25) is 9.59 Å². The molecule has 1 N–H and O–H groups in total. The highest BCUT2D eigenvalue weighted by Crippen LogP contribution is 2.15. The predicted molar refractivity (Wildman–Crippen MR) is 144 cm³/mol. The minimum absolute atomic E-state index is 0.0600. The van der Waals surface area contributed by atoms with Crippen molar-refractivity contribution in [1.82, 2.24) is 15.1 Å². The van der Waals surface area contributed by atoms with E-state index in [1.165, 1.54) is 75.8 Å². The SMILES string of the molecule is C1CCCCC1.CC(C)N1CCCCC1.CCOC(=O)/C(C)=C/[C@H](C(C)C)N(C)C(=O)CNC=O. The fraction of sp³-hybridized carbons (Fsp3) is 0.821. The van der Waals surface area contributed by atoms with Crippen molar-refractivity contribution in [1.29, 1.82) is 0 Å². The van der Waals surface area contributed by atoms with Crippen molar-refractivity contribution in [2.45, 2.75) is 111 Å². The van der Waals surface area contributed by atoms with E-state index in [4.69, 9.17) is 4.74 Å². The average Bonchev–Trinajstić information content (AvgIpc) is 2.87. The Morgan fingerprint density at radius 3 is 1.80 bits per heavy atom. The first kappa shape index (κ1) is 33.1. The van der Waals surface area contributed by atoms with Gasteiger partial charge in [-0.2, -0.15) is 0 Å². The number of hydrogen-bond donors (Lipinski definition) is 1. The lowest BCUT2D eigenvalue weighted by Gasteiger charge is -2.29. The van der Waals surface area contributed by atoms with Gasteiger partial charge < -0.3 is 19.9 Å². The zero-order chi connectivity index (χ0) is 26.6. The van der Waals surface area contributed by atoms with E-state index in [2.05, 4.69) is 24.1 Å². The Bertz CT molecular complexity index is 598. The fourth-order valence-electron chi connectivity index (χ4n) is 4.24. The maximum atomic E-state index is 11.9. The van der Waals surface area contributed by atoms with Gasteiger partial charge in [-0.1, -0.05) is 64.9 Å². The van der Waals surface area contributed by atoms with Crippen LogP contribution in [0, 0.1) is 5.92 Å². The number of carbonyl (C=O) groups excluding carboxylic acids is 3. The van der Waals surface area contributed by atoms with E-state index in [1.807, 2.05) is 13.8 Å². The third-order valence-corrected chi connectivity index (χ3v) is 6.50. The molecule has 0 aromatic carbocycles. The van der Waals surface area contributed by atoms with Crippen molar-refractivity contribution in [2.75, 3.05) is 33.3 Å². The molecular formula is C28H53N3O4. The monoisotopic (exact) mass is 495 g/mol. The van der Waals surface area contributed by atoms with Crippen molar-refractivity contribution in [3.63, 3.8) is 0 Å². The van der Waals surface area contributed by atoms with E-state index in [1.54, 1.807) is 27.0 Å². The van der Waals surface area contributed by atoms with Gasteiger partial charge in [0.15, 0.2) is 0 Å². The molecule has 1 heterocycles. The quantitative estimate of drug-likeness (QED) is 0.278. The normalized spacial score (nSPS) is 17.3. The number of nitrogens with one attached hydrogen (secondary N) is 1. The minimum atomic E-state index is -0.384. The zero-order valence-electron chi connectivity index (χ0n) is 23.6. The fourth-order valence-corrected chi connectivity index (χ4v) is 4.24. The molecule has 2 aliphatic rings. The van der Waals surface area contributed by atoms with Gasteiger partial charge in [-0.25, -0.2) is 4.79 Å². The summed E-state index contributed by atoms with van der Waals surface area (Å²) in [4.78, 5) is 37.8. The van der Waals surface area contributed by atoms with Crippen LogP contribution in [-0.2, 0) is 19.1 Å². The molecule has 7 nitrogen and oxygen atoms in total. The molecule has 0 aromatic rings. The van der Waals surface area contributed by atoms with Gasteiger partial charge in [-0.05, 0) is 59.5 Å². The molecule has 35 heavy (non-hydrogen) atoms. The molecule has 1 saturated carbocycles. The molecule has 1 aliphatic heterocycles. The van der Waals surface area contributed by atoms with Gasteiger partial charge in [0, 0.05) is 18.7 Å². The highest BCUT2D eigenvalue weighted by atomic mass is 16.5. The number of ether oxygens (including phenoxy) is 1. The standard InChI is InChI=1S/C14H24N2O4.C8H17N.C6H12/c1-6-20-14(19)11(4)7-12(10(2)3)16(5)13(18)8-15-9-17;1-8(2)9-6-4-3-5-7-9;1-2-4-6-5-3-1/h7,9-10,12H,6,8H2,1-5H3,(H,15,17);8H,3-7H2,1-2H3;1-6H2/b11-7+;;/t12-;;/m1../s1. The van der Waals surface area contributed by atoms with Crippen LogP contribution in [0.2, 0.25) is 0 Å². The van der Waals surface area contributed by atoms with Crippen LogP contribution in [-0.4, -0.2) is 73.5 Å². The molecule has 1 atom stereocenters. The summed E-state index contributed by atoms with van der Waals surface area (Å²) >= 11 is 0. The lowest BCUT2D eigenvalue weighted by Crippen LogP contribution is -2.43. The molecule has 7 heteroatoms. The van der Waals surface area contributed by atoms with E-state index in [0.717, 1.165) is 6.04 Å². The molecule has 204 valence electrons. The molecule has 0 radical (unpaired) electrons. The Morgan fingerprint density at radius 2 is 1.43 bits per heavy atom. The van der Waals surface area contributed by atoms with Crippen LogP contribution < -0.4 is 5.32 Å². The number of likely N-dealkylation sites (N-methyl/N-ethyl adjacent to an activating group) is 1. The third-order valence-electron chi connectivity index (χ3n) is 6.50. The first-order chi connectivity index (χ1) is 16.6. The summed E-state index contributed by atoms with van der Waals surface area (Å²) in [7, 11) is 1.65. The molecular weight excluding hydrogens is 442 g/mol. The molecule has 2 fully saturated rings. The first-order valence-electron chi connectivity index (χ1n) is 13.7. The van der Waals surface area contributed by atoms with Crippen LogP contribution in [0.1, 0.15) is 99.3 Å².